The van der Waals surface area contributed by atoms with E-state index in [2.05, 4.69) is 10.6 Å². The molecule has 0 bridgehead atoms. The van der Waals surface area contributed by atoms with Gasteiger partial charge < -0.3 is 20.5 Å². The number of carbonyl (C=O) groups is 3. The molecule has 1 unspecified atom stereocenters. The topological polar surface area (TPSA) is 105 Å². The van der Waals surface area contributed by atoms with Crippen LogP contribution in [0.4, 0.5) is 4.39 Å². The lowest BCUT2D eigenvalue weighted by Crippen LogP contribution is -2.43. The third-order valence-corrected chi connectivity index (χ3v) is 4.03. The molecule has 2 aromatic carbocycles. The Hall–Kier alpha value is -3.42. The van der Waals surface area contributed by atoms with Gasteiger partial charge in [0.15, 0.2) is 0 Å². The third-order valence-electron chi connectivity index (χ3n) is 4.03. The van der Waals surface area contributed by atoms with Gasteiger partial charge in [-0.1, -0.05) is 24.3 Å². The predicted octanol–water partition coefficient (Wildman–Crippen LogP) is 1.30. The number of nitrogens with one attached hydrogen (secondary N) is 2. The molecule has 3 N–H and O–H groups in total. The zero-order valence-electron chi connectivity index (χ0n) is 15.3. The average Bonchev–Trinajstić information content (AvgIpc) is 2.71. The highest BCUT2D eigenvalue weighted by atomic mass is 19.1. The Bertz CT molecular complexity index is 821. The number of amides is 2. The van der Waals surface area contributed by atoms with Crippen LogP contribution in [0.3, 0.4) is 0 Å². The summed E-state index contributed by atoms with van der Waals surface area (Å²) < 4.78 is 17.6. The van der Waals surface area contributed by atoms with E-state index in [1.807, 2.05) is 0 Å². The molecular formula is C20H21FN2O5. The maximum absolute atomic E-state index is 12.9. The number of ether oxygens (including phenoxy) is 1. The Labute approximate surface area is 161 Å². The van der Waals surface area contributed by atoms with Gasteiger partial charge in [0.2, 0.25) is 0 Å². The minimum Gasteiger partial charge on any atom is -0.508 e. The van der Waals surface area contributed by atoms with E-state index in [4.69, 9.17) is 4.74 Å². The monoisotopic (exact) mass is 388 g/mol. The molecule has 8 heteroatoms. The number of carbonyl (C=O) groups excluding carboxylic acids is 3. The van der Waals surface area contributed by atoms with Gasteiger partial charge in [0.25, 0.3) is 0 Å². The zero-order valence-corrected chi connectivity index (χ0v) is 15.3. The van der Waals surface area contributed by atoms with E-state index in [0.29, 0.717) is 5.56 Å². The van der Waals surface area contributed by atoms with Crippen LogP contribution < -0.4 is 10.6 Å². The summed E-state index contributed by atoms with van der Waals surface area (Å²) in [5.74, 6) is -3.26. The molecule has 0 fully saturated rings. The van der Waals surface area contributed by atoms with Gasteiger partial charge >= 0.3 is 17.8 Å². The van der Waals surface area contributed by atoms with Crippen LogP contribution in [0, 0.1) is 11.7 Å². The zero-order chi connectivity index (χ0) is 20.5. The van der Waals surface area contributed by atoms with E-state index in [-0.39, 0.29) is 25.3 Å². The van der Waals surface area contributed by atoms with Crippen molar-refractivity contribution in [3.05, 3.63) is 65.5 Å². The van der Waals surface area contributed by atoms with Gasteiger partial charge in [0, 0.05) is 13.1 Å². The number of benzene rings is 2. The van der Waals surface area contributed by atoms with Crippen molar-refractivity contribution in [2.24, 2.45) is 5.92 Å². The first-order valence-electron chi connectivity index (χ1n) is 8.55. The van der Waals surface area contributed by atoms with E-state index in [0.717, 1.165) is 5.56 Å². The minimum atomic E-state index is -0.887. The fraction of sp³-hybridized carbons (Fsp3) is 0.250. The second-order valence-electron chi connectivity index (χ2n) is 6.11. The first kappa shape index (κ1) is 20.9. The predicted molar refractivity (Wildman–Crippen MR) is 98.6 cm³/mol. The minimum absolute atomic E-state index is 0.0699. The molecule has 0 radical (unpaired) electrons. The molecule has 0 saturated carbocycles. The van der Waals surface area contributed by atoms with E-state index < -0.39 is 29.5 Å². The Balaban J connectivity index is 1.87. The largest absolute Gasteiger partial charge is 0.508 e. The van der Waals surface area contributed by atoms with Crippen molar-refractivity contribution in [1.29, 1.82) is 0 Å². The summed E-state index contributed by atoms with van der Waals surface area (Å²) in [6.45, 7) is -0.0170. The summed E-state index contributed by atoms with van der Waals surface area (Å²) in [7, 11) is 1.24. The van der Waals surface area contributed by atoms with Crippen molar-refractivity contribution < 1.29 is 28.6 Å². The fourth-order valence-corrected chi connectivity index (χ4v) is 2.48. The molecule has 7 nitrogen and oxygen atoms in total. The molecule has 2 aromatic rings. The van der Waals surface area contributed by atoms with Gasteiger partial charge in [-0.05, 0) is 41.8 Å². The second-order valence-corrected chi connectivity index (χ2v) is 6.11. The van der Waals surface area contributed by atoms with Crippen molar-refractivity contribution >= 4 is 17.8 Å². The molecule has 0 aliphatic heterocycles. The summed E-state index contributed by atoms with van der Waals surface area (Å²) in [6, 6.07) is 11.8. The summed E-state index contributed by atoms with van der Waals surface area (Å²) in [5.41, 5.74) is 1.41. The highest BCUT2D eigenvalue weighted by molar-refractivity contribution is 6.35. The van der Waals surface area contributed by atoms with Gasteiger partial charge in [-0.2, -0.15) is 0 Å². The molecule has 28 heavy (non-hydrogen) atoms. The van der Waals surface area contributed by atoms with Crippen molar-refractivity contribution in [2.45, 2.75) is 13.0 Å². The molecule has 0 spiro atoms. The van der Waals surface area contributed by atoms with Crippen LogP contribution in [0.25, 0.3) is 0 Å². The summed E-state index contributed by atoms with van der Waals surface area (Å²) in [4.78, 5) is 35.8. The SMILES string of the molecule is COC(=O)C(CNC(=O)C(=O)NCc1ccc(F)cc1)Cc1ccc(O)cc1. The Morgan fingerprint density at radius 1 is 0.964 bits per heavy atom. The van der Waals surface area contributed by atoms with Gasteiger partial charge in [-0.25, -0.2) is 4.39 Å². The maximum atomic E-state index is 12.9. The van der Waals surface area contributed by atoms with Crippen LogP contribution in [0.5, 0.6) is 5.75 Å². The van der Waals surface area contributed by atoms with Crippen LogP contribution in [-0.4, -0.2) is 36.5 Å². The molecule has 2 rings (SSSR count). The van der Waals surface area contributed by atoms with Crippen molar-refractivity contribution in [3.63, 3.8) is 0 Å². The Morgan fingerprint density at radius 3 is 2.14 bits per heavy atom. The van der Waals surface area contributed by atoms with Crippen molar-refractivity contribution in [3.8, 4) is 5.75 Å². The molecule has 0 aromatic heterocycles. The third kappa shape index (κ3) is 6.39. The Morgan fingerprint density at radius 2 is 1.54 bits per heavy atom. The number of phenols is 1. The highest BCUT2D eigenvalue weighted by Gasteiger charge is 2.22. The van der Waals surface area contributed by atoms with E-state index in [1.165, 1.54) is 43.5 Å². The molecule has 0 aliphatic carbocycles. The van der Waals surface area contributed by atoms with Crippen LogP contribution >= 0.6 is 0 Å². The quantitative estimate of drug-likeness (QED) is 0.490. The van der Waals surface area contributed by atoms with Gasteiger partial charge in [-0.3, -0.25) is 14.4 Å². The van der Waals surface area contributed by atoms with Crippen molar-refractivity contribution in [2.75, 3.05) is 13.7 Å². The summed E-state index contributed by atoms with van der Waals surface area (Å²) in [5, 5.41) is 14.2. The summed E-state index contributed by atoms with van der Waals surface area (Å²) in [6.07, 6.45) is 0.268. The lowest BCUT2D eigenvalue weighted by molar-refractivity contribution is -0.146. The smallest absolute Gasteiger partial charge is 0.310 e. The Kier molecular flexibility index (Phi) is 7.50. The molecule has 0 aliphatic rings. The van der Waals surface area contributed by atoms with Crippen LogP contribution in [-0.2, 0) is 32.1 Å². The second kappa shape index (κ2) is 10.1. The lowest BCUT2D eigenvalue weighted by atomic mass is 9.99. The lowest BCUT2D eigenvalue weighted by Gasteiger charge is -2.15. The molecule has 1 atom stereocenters. The van der Waals surface area contributed by atoms with Crippen molar-refractivity contribution in [1.82, 2.24) is 10.6 Å². The maximum Gasteiger partial charge on any atom is 0.310 e. The normalized spacial score (nSPS) is 11.4. The van der Waals surface area contributed by atoms with E-state index >= 15 is 0 Å². The molecule has 2 amide bonds. The van der Waals surface area contributed by atoms with E-state index in [9.17, 15) is 23.9 Å². The molecule has 148 valence electrons. The molecule has 0 saturated heterocycles. The number of hydrogen-bond acceptors (Lipinski definition) is 5. The van der Waals surface area contributed by atoms with Gasteiger partial charge in [0.1, 0.15) is 11.6 Å². The van der Waals surface area contributed by atoms with E-state index in [1.54, 1.807) is 12.1 Å². The standard InChI is InChI=1S/C20H21FN2O5/c1-28-20(27)15(10-13-4-8-17(24)9-5-13)12-23-19(26)18(25)22-11-14-2-6-16(21)7-3-14/h2-9,15,24H,10-12H2,1H3,(H,22,25)(H,23,26). The van der Waals surface area contributed by atoms with Crippen LogP contribution in [0.2, 0.25) is 0 Å². The van der Waals surface area contributed by atoms with Crippen LogP contribution in [0.1, 0.15) is 11.1 Å². The first-order chi connectivity index (χ1) is 13.4. The first-order valence-corrected chi connectivity index (χ1v) is 8.55. The van der Waals surface area contributed by atoms with Gasteiger partial charge in [0.05, 0.1) is 13.0 Å². The fourth-order valence-electron chi connectivity index (χ4n) is 2.48. The average molecular weight is 388 g/mol. The molecular weight excluding hydrogens is 367 g/mol. The number of methoxy groups -OCH3 is 1. The number of esters is 1. The van der Waals surface area contributed by atoms with Crippen LogP contribution in [0.15, 0.2) is 48.5 Å². The van der Waals surface area contributed by atoms with Gasteiger partial charge in [-0.15, -0.1) is 0 Å². The number of aromatic hydroxyl groups is 1. The number of rotatable bonds is 7. The highest BCUT2D eigenvalue weighted by Crippen LogP contribution is 2.14. The number of halogens is 1. The molecule has 0 heterocycles. The summed E-state index contributed by atoms with van der Waals surface area (Å²) >= 11 is 0. The number of hydrogen-bond donors (Lipinski definition) is 3. The number of phenolic OH excluding ortho intramolecular Hbond substituents is 1.